The molecular formula is C15H17N7O2. The van der Waals surface area contributed by atoms with Crippen molar-refractivity contribution in [3.8, 4) is 11.3 Å². The summed E-state index contributed by atoms with van der Waals surface area (Å²) in [4.78, 5) is 8.71. The van der Waals surface area contributed by atoms with Gasteiger partial charge in [0.05, 0.1) is 54.8 Å². The van der Waals surface area contributed by atoms with Gasteiger partial charge in [-0.2, -0.15) is 10.2 Å². The molecule has 0 fully saturated rings. The van der Waals surface area contributed by atoms with Crippen molar-refractivity contribution in [3.05, 3.63) is 42.7 Å². The van der Waals surface area contributed by atoms with E-state index in [0.29, 0.717) is 17.0 Å². The molecule has 0 aliphatic rings. The summed E-state index contributed by atoms with van der Waals surface area (Å²) < 4.78 is 1.70. The second-order valence-electron chi connectivity index (χ2n) is 5.08. The highest BCUT2D eigenvalue weighted by atomic mass is 16.3. The van der Waals surface area contributed by atoms with Gasteiger partial charge in [0.2, 0.25) is 0 Å². The summed E-state index contributed by atoms with van der Waals surface area (Å²) in [7, 11) is 0. The number of nitrogens with zero attached hydrogens (tertiary/aromatic N) is 5. The van der Waals surface area contributed by atoms with E-state index < -0.39 is 6.10 Å². The predicted molar refractivity (Wildman–Crippen MR) is 89.2 cm³/mol. The van der Waals surface area contributed by atoms with Crippen LogP contribution in [0.3, 0.4) is 0 Å². The number of aliphatic hydroxyl groups excluding tert-OH is 2. The van der Waals surface area contributed by atoms with Crippen molar-refractivity contribution in [3.63, 3.8) is 0 Å². The second-order valence-corrected chi connectivity index (χ2v) is 5.08. The Morgan fingerprint density at radius 2 is 2.38 bits per heavy atom. The Balaban J connectivity index is 1.99. The Bertz CT molecular complexity index is 867. The molecule has 3 heterocycles. The van der Waals surface area contributed by atoms with Crippen LogP contribution in [-0.2, 0) is 0 Å². The highest BCUT2D eigenvalue weighted by Crippen LogP contribution is 2.23. The fourth-order valence-electron chi connectivity index (χ4n) is 2.18. The molecule has 0 radical (unpaired) electrons. The van der Waals surface area contributed by atoms with Crippen LogP contribution in [0, 0.1) is 0 Å². The van der Waals surface area contributed by atoms with Gasteiger partial charge in [0.25, 0.3) is 0 Å². The van der Waals surface area contributed by atoms with Crippen molar-refractivity contribution >= 4 is 17.3 Å². The molecule has 9 heteroatoms. The van der Waals surface area contributed by atoms with Gasteiger partial charge in [-0.3, -0.25) is 10.1 Å². The van der Waals surface area contributed by atoms with Crippen LogP contribution < -0.4 is 5.73 Å². The molecule has 124 valence electrons. The monoisotopic (exact) mass is 327 g/mol. The standard InChI is InChI=1S/C15H17N7O2/c16-3-10(4-17-7-12(24)9-23)13-8-22-14(1-2-20-22)15(21-13)11-5-18-19-6-11/h1-6,8,12,23-24H,7,9,16H2,(H,18,19). The zero-order chi connectivity index (χ0) is 16.9. The molecule has 1 unspecified atom stereocenters. The number of nitrogens with one attached hydrogen (secondary N) is 1. The molecule has 3 aromatic heterocycles. The molecule has 9 nitrogen and oxygen atoms in total. The Morgan fingerprint density at radius 3 is 3.08 bits per heavy atom. The largest absolute Gasteiger partial charge is 0.404 e. The van der Waals surface area contributed by atoms with E-state index in [1.165, 1.54) is 12.4 Å². The van der Waals surface area contributed by atoms with Crippen molar-refractivity contribution in [2.75, 3.05) is 13.2 Å². The van der Waals surface area contributed by atoms with Crippen molar-refractivity contribution in [1.29, 1.82) is 0 Å². The van der Waals surface area contributed by atoms with Gasteiger partial charge < -0.3 is 15.9 Å². The van der Waals surface area contributed by atoms with Crippen molar-refractivity contribution in [1.82, 2.24) is 24.8 Å². The van der Waals surface area contributed by atoms with E-state index in [2.05, 4.69) is 25.3 Å². The molecule has 3 aromatic rings. The Morgan fingerprint density at radius 1 is 1.50 bits per heavy atom. The summed E-state index contributed by atoms with van der Waals surface area (Å²) in [5.41, 5.74) is 9.21. The Labute approximate surface area is 137 Å². The van der Waals surface area contributed by atoms with Crippen molar-refractivity contribution in [2.24, 2.45) is 10.7 Å². The smallest absolute Gasteiger partial charge is 0.0999 e. The van der Waals surface area contributed by atoms with E-state index in [1.807, 2.05) is 6.07 Å². The van der Waals surface area contributed by atoms with Crippen molar-refractivity contribution in [2.45, 2.75) is 6.10 Å². The Kier molecular flexibility index (Phi) is 4.64. The zero-order valence-corrected chi connectivity index (χ0v) is 12.7. The first kappa shape index (κ1) is 15.8. The van der Waals surface area contributed by atoms with E-state index in [4.69, 9.17) is 10.8 Å². The van der Waals surface area contributed by atoms with Gasteiger partial charge in [0.1, 0.15) is 0 Å². The fourth-order valence-corrected chi connectivity index (χ4v) is 2.18. The number of aliphatic imine (C=N–C) groups is 1. The van der Waals surface area contributed by atoms with Crippen molar-refractivity contribution < 1.29 is 10.2 Å². The lowest BCUT2D eigenvalue weighted by Gasteiger charge is -2.07. The Hall–Kier alpha value is -3.04. The predicted octanol–water partition coefficient (Wildman–Crippen LogP) is -0.157. The lowest BCUT2D eigenvalue weighted by molar-refractivity contribution is 0.102. The average Bonchev–Trinajstić information content (AvgIpc) is 3.28. The number of aromatic nitrogens is 5. The molecule has 24 heavy (non-hydrogen) atoms. The summed E-state index contributed by atoms with van der Waals surface area (Å²) in [6, 6.07) is 1.86. The van der Waals surface area contributed by atoms with Gasteiger partial charge in [0.15, 0.2) is 0 Å². The van der Waals surface area contributed by atoms with E-state index in [-0.39, 0.29) is 13.2 Å². The normalized spacial score (nSPS) is 13.8. The first-order valence-corrected chi connectivity index (χ1v) is 7.27. The molecule has 0 aromatic carbocycles. The zero-order valence-electron chi connectivity index (χ0n) is 12.7. The van der Waals surface area contributed by atoms with Gasteiger partial charge >= 0.3 is 0 Å². The summed E-state index contributed by atoms with van der Waals surface area (Å²) in [6.07, 6.45) is 8.84. The van der Waals surface area contributed by atoms with Crippen LogP contribution in [0.15, 0.2) is 42.0 Å². The fraction of sp³-hybridized carbons (Fsp3) is 0.200. The molecule has 0 amide bonds. The van der Waals surface area contributed by atoms with Gasteiger partial charge in [-0.05, 0) is 6.07 Å². The van der Waals surface area contributed by atoms with Crippen LogP contribution >= 0.6 is 0 Å². The molecule has 0 saturated carbocycles. The lowest BCUT2D eigenvalue weighted by Crippen LogP contribution is -2.15. The minimum atomic E-state index is -0.900. The molecule has 0 bridgehead atoms. The number of aromatic amines is 1. The molecule has 0 aliphatic carbocycles. The highest BCUT2D eigenvalue weighted by molar-refractivity contribution is 6.09. The van der Waals surface area contributed by atoms with Gasteiger partial charge in [0, 0.05) is 29.7 Å². The maximum atomic E-state index is 9.34. The van der Waals surface area contributed by atoms with Crippen LogP contribution in [-0.4, -0.2) is 60.5 Å². The molecule has 3 rings (SSSR count). The van der Waals surface area contributed by atoms with E-state index >= 15 is 0 Å². The number of hydrogen-bond acceptors (Lipinski definition) is 7. The summed E-state index contributed by atoms with van der Waals surface area (Å²) in [5.74, 6) is 0. The van der Waals surface area contributed by atoms with Crippen LogP contribution in [0.4, 0.5) is 0 Å². The van der Waals surface area contributed by atoms with Crippen LogP contribution in [0.25, 0.3) is 22.3 Å². The molecule has 5 N–H and O–H groups in total. The average molecular weight is 327 g/mol. The summed E-state index contributed by atoms with van der Waals surface area (Å²) in [6.45, 7) is -0.270. The molecule has 0 spiro atoms. The number of fused-ring (bicyclic) bond motifs is 1. The third-order valence-electron chi connectivity index (χ3n) is 3.39. The highest BCUT2D eigenvalue weighted by Gasteiger charge is 2.12. The number of allylic oxidation sites excluding steroid dienone is 1. The van der Waals surface area contributed by atoms with Gasteiger partial charge in [-0.15, -0.1) is 0 Å². The van der Waals surface area contributed by atoms with Crippen LogP contribution in [0.5, 0.6) is 0 Å². The van der Waals surface area contributed by atoms with Gasteiger partial charge in [-0.1, -0.05) is 0 Å². The maximum Gasteiger partial charge on any atom is 0.0999 e. The summed E-state index contributed by atoms with van der Waals surface area (Å²) in [5, 5.41) is 29.1. The lowest BCUT2D eigenvalue weighted by atomic mass is 10.2. The number of aliphatic hydroxyl groups is 2. The van der Waals surface area contributed by atoms with E-state index in [0.717, 1.165) is 11.1 Å². The molecular weight excluding hydrogens is 310 g/mol. The van der Waals surface area contributed by atoms with E-state index in [9.17, 15) is 5.11 Å². The first-order valence-electron chi connectivity index (χ1n) is 7.27. The molecule has 0 saturated heterocycles. The topological polar surface area (TPSA) is 138 Å². The maximum absolute atomic E-state index is 9.34. The quantitative estimate of drug-likeness (QED) is 0.464. The third kappa shape index (κ3) is 3.16. The van der Waals surface area contributed by atoms with Crippen LogP contribution in [0.2, 0.25) is 0 Å². The number of rotatable bonds is 6. The third-order valence-corrected chi connectivity index (χ3v) is 3.39. The molecule has 1 atom stereocenters. The number of H-pyrrole nitrogens is 1. The minimum Gasteiger partial charge on any atom is -0.404 e. The van der Waals surface area contributed by atoms with Crippen LogP contribution in [0.1, 0.15) is 5.69 Å². The number of nitrogens with two attached hydrogens (primary N) is 1. The second kappa shape index (κ2) is 7.02. The first-order chi connectivity index (χ1) is 11.7. The SMILES string of the molecule is NC=C(C=NCC(O)CO)c1cn2nccc2c(-c2cn[nH]c2)n1. The minimum absolute atomic E-state index is 0.0758. The van der Waals surface area contributed by atoms with E-state index in [1.54, 1.807) is 29.3 Å². The van der Waals surface area contributed by atoms with Gasteiger partial charge in [-0.25, -0.2) is 9.50 Å². The molecule has 0 aliphatic heterocycles. The summed E-state index contributed by atoms with van der Waals surface area (Å²) >= 11 is 0. The number of hydrogen-bond donors (Lipinski definition) is 4.